The quantitative estimate of drug-likeness (QED) is 0.219. The summed E-state index contributed by atoms with van der Waals surface area (Å²) >= 11 is 0. The molecule has 0 aliphatic carbocycles. The molecule has 0 spiro atoms. The molecule has 0 N–H and O–H groups in total. The van der Waals surface area contributed by atoms with Crippen LogP contribution in [-0.2, 0) is 0 Å². The number of hydrogen-bond donors (Lipinski definition) is 0. The van der Waals surface area contributed by atoms with E-state index in [9.17, 15) is 0 Å². The third kappa shape index (κ3) is 18.1. The van der Waals surface area contributed by atoms with E-state index in [1.807, 2.05) is 66.7 Å². The minimum atomic E-state index is 0.659. The normalized spacial score (nSPS) is 9.36. The number of aryl methyl sites for hydroxylation is 3. The van der Waals surface area contributed by atoms with Gasteiger partial charge in [0.15, 0.2) is 0 Å². The van der Waals surface area contributed by atoms with E-state index in [0.29, 0.717) is 11.8 Å². The zero-order valence-corrected chi connectivity index (χ0v) is 25.1. The van der Waals surface area contributed by atoms with Crippen molar-refractivity contribution in [3.63, 3.8) is 0 Å². The van der Waals surface area contributed by atoms with Gasteiger partial charge in [0, 0.05) is 0 Å². The first-order valence-corrected chi connectivity index (χ1v) is 13.9. The molecule has 0 heteroatoms. The summed E-state index contributed by atoms with van der Waals surface area (Å²) < 4.78 is 0. The largest absolute Gasteiger partial charge is 0.0622 e. The van der Waals surface area contributed by atoms with Crippen LogP contribution in [0.2, 0.25) is 0 Å². The SMILES string of the molecule is CC(C)c1ccccc1.CC(C)c1ccccc1.Cc1ccccc1.Cc1ccccc1.Cc1ccccc1. The summed E-state index contributed by atoms with van der Waals surface area (Å²) in [7, 11) is 0. The van der Waals surface area contributed by atoms with Crippen molar-refractivity contribution < 1.29 is 0 Å². The van der Waals surface area contributed by atoms with Crippen LogP contribution in [0.1, 0.15) is 67.3 Å². The first-order chi connectivity index (χ1) is 18.8. The van der Waals surface area contributed by atoms with Gasteiger partial charge >= 0.3 is 0 Å². The van der Waals surface area contributed by atoms with E-state index >= 15 is 0 Å². The molecule has 0 fully saturated rings. The Hall–Kier alpha value is -3.90. The number of hydrogen-bond acceptors (Lipinski definition) is 0. The van der Waals surface area contributed by atoms with Crippen molar-refractivity contribution in [2.24, 2.45) is 0 Å². The molecule has 0 amide bonds. The lowest BCUT2D eigenvalue weighted by Crippen LogP contribution is -1.83. The zero-order valence-electron chi connectivity index (χ0n) is 25.1. The molecular weight excluding hydrogens is 468 g/mol. The average Bonchev–Trinajstić information content (AvgIpc) is 2.97. The smallest absolute Gasteiger partial charge is 0.0219 e. The Morgan fingerprint density at radius 2 is 0.462 bits per heavy atom. The van der Waals surface area contributed by atoms with E-state index < -0.39 is 0 Å². The van der Waals surface area contributed by atoms with Gasteiger partial charge in [-0.05, 0) is 43.7 Å². The Morgan fingerprint density at radius 3 is 0.564 bits per heavy atom. The summed E-state index contributed by atoms with van der Waals surface area (Å²) in [6.45, 7) is 15.1. The minimum Gasteiger partial charge on any atom is -0.0622 e. The van der Waals surface area contributed by atoms with Gasteiger partial charge in [0.1, 0.15) is 0 Å². The van der Waals surface area contributed by atoms with Crippen LogP contribution in [0, 0.1) is 20.8 Å². The molecule has 5 aromatic rings. The van der Waals surface area contributed by atoms with Gasteiger partial charge in [0.25, 0.3) is 0 Å². The van der Waals surface area contributed by atoms with Crippen molar-refractivity contribution in [2.45, 2.75) is 60.3 Å². The highest BCUT2D eigenvalue weighted by Crippen LogP contribution is 2.12. The van der Waals surface area contributed by atoms with Gasteiger partial charge in [0.2, 0.25) is 0 Å². The molecule has 0 saturated heterocycles. The summed E-state index contributed by atoms with van der Waals surface area (Å²) in [6.07, 6.45) is 0. The van der Waals surface area contributed by atoms with Crippen LogP contribution in [0.25, 0.3) is 0 Å². The van der Waals surface area contributed by atoms with Gasteiger partial charge in [-0.25, -0.2) is 0 Å². The summed E-state index contributed by atoms with van der Waals surface area (Å²) in [4.78, 5) is 0. The van der Waals surface area contributed by atoms with Gasteiger partial charge in [0.05, 0.1) is 0 Å². The van der Waals surface area contributed by atoms with Crippen LogP contribution in [-0.4, -0.2) is 0 Å². The lowest BCUT2D eigenvalue weighted by Gasteiger charge is -2.01. The minimum absolute atomic E-state index is 0.659. The fourth-order valence-corrected chi connectivity index (χ4v) is 3.28. The van der Waals surface area contributed by atoms with Crippen molar-refractivity contribution in [1.82, 2.24) is 0 Å². The Balaban J connectivity index is 0.000000245. The molecule has 0 aliphatic heterocycles. The van der Waals surface area contributed by atoms with E-state index in [2.05, 4.69) is 133 Å². The van der Waals surface area contributed by atoms with Crippen LogP contribution < -0.4 is 0 Å². The predicted molar refractivity (Wildman–Crippen MR) is 175 cm³/mol. The van der Waals surface area contributed by atoms with Gasteiger partial charge < -0.3 is 0 Å². The lowest BCUT2D eigenvalue weighted by atomic mass is 10.0. The van der Waals surface area contributed by atoms with Crippen molar-refractivity contribution in [1.29, 1.82) is 0 Å². The van der Waals surface area contributed by atoms with Gasteiger partial charge in [-0.1, -0.05) is 196 Å². The highest BCUT2D eigenvalue weighted by Gasteiger charge is 1.94. The lowest BCUT2D eigenvalue weighted by molar-refractivity contribution is 0.867. The molecule has 0 bridgehead atoms. The molecule has 0 nitrogen and oxygen atoms in total. The maximum absolute atomic E-state index is 2.20. The van der Waals surface area contributed by atoms with Gasteiger partial charge in [-0.15, -0.1) is 0 Å². The van der Waals surface area contributed by atoms with Crippen LogP contribution in [0.4, 0.5) is 0 Å². The van der Waals surface area contributed by atoms with Crippen LogP contribution in [0.5, 0.6) is 0 Å². The number of benzene rings is 5. The summed E-state index contributed by atoms with van der Waals surface area (Å²) in [5.74, 6) is 1.32. The first kappa shape index (κ1) is 33.1. The highest BCUT2D eigenvalue weighted by atomic mass is 14.0. The fourth-order valence-electron chi connectivity index (χ4n) is 3.28. The summed E-state index contributed by atoms with van der Waals surface area (Å²) in [5, 5.41) is 0. The van der Waals surface area contributed by atoms with Crippen molar-refractivity contribution in [3.05, 3.63) is 179 Å². The number of rotatable bonds is 2. The summed E-state index contributed by atoms with van der Waals surface area (Å²) in [6, 6.07) is 51.8. The first-order valence-electron chi connectivity index (χ1n) is 13.9. The van der Waals surface area contributed by atoms with Gasteiger partial charge in [-0.3, -0.25) is 0 Å². The molecule has 204 valence electrons. The Morgan fingerprint density at radius 1 is 0.282 bits per heavy atom. The molecule has 0 unspecified atom stereocenters. The second-order valence-corrected chi connectivity index (χ2v) is 10.1. The second-order valence-electron chi connectivity index (χ2n) is 10.1. The Labute approximate surface area is 239 Å². The molecule has 0 aliphatic rings. The van der Waals surface area contributed by atoms with E-state index in [-0.39, 0.29) is 0 Å². The fraction of sp³-hybridized carbons (Fsp3) is 0.231. The maximum atomic E-state index is 2.20. The molecule has 0 atom stereocenters. The van der Waals surface area contributed by atoms with Crippen molar-refractivity contribution in [2.75, 3.05) is 0 Å². The van der Waals surface area contributed by atoms with Crippen LogP contribution >= 0.6 is 0 Å². The topological polar surface area (TPSA) is 0 Å². The average molecular weight is 517 g/mol. The van der Waals surface area contributed by atoms with E-state index in [4.69, 9.17) is 0 Å². The third-order valence-electron chi connectivity index (χ3n) is 5.75. The monoisotopic (exact) mass is 516 g/mol. The Bertz CT molecular complexity index is 1040. The molecule has 0 aromatic heterocycles. The third-order valence-corrected chi connectivity index (χ3v) is 5.75. The van der Waals surface area contributed by atoms with Gasteiger partial charge in [-0.2, -0.15) is 0 Å². The standard InChI is InChI=1S/2C9H12.3C7H8/c2*1-8(2)9-6-4-3-5-7-9;3*1-7-5-3-2-4-6-7/h2*3-8H,1-2H3;3*2-6H,1H3. The molecule has 5 aromatic carbocycles. The van der Waals surface area contributed by atoms with Crippen LogP contribution in [0.3, 0.4) is 0 Å². The van der Waals surface area contributed by atoms with E-state index in [0.717, 1.165) is 0 Å². The molecule has 0 radical (unpaired) electrons. The van der Waals surface area contributed by atoms with Crippen molar-refractivity contribution >= 4 is 0 Å². The van der Waals surface area contributed by atoms with E-state index in [1.54, 1.807) is 0 Å². The molecular formula is C39H48. The predicted octanol–water partition coefficient (Wildman–Crippen LogP) is 11.6. The van der Waals surface area contributed by atoms with Crippen molar-refractivity contribution in [3.8, 4) is 0 Å². The molecule has 0 saturated carbocycles. The maximum Gasteiger partial charge on any atom is -0.0219 e. The molecule has 5 rings (SSSR count). The van der Waals surface area contributed by atoms with E-state index in [1.165, 1.54) is 27.8 Å². The highest BCUT2D eigenvalue weighted by molar-refractivity contribution is 5.18. The summed E-state index contributed by atoms with van der Waals surface area (Å²) in [5.41, 5.74) is 6.79. The second kappa shape index (κ2) is 21.1. The van der Waals surface area contributed by atoms with Crippen LogP contribution in [0.15, 0.2) is 152 Å². The Kier molecular flexibility index (Phi) is 17.9. The molecule has 39 heavy (non-hydrogen) atoms. The zero-order chi connectivity index (χ0) is 28.7. The molecule has 0 heterocycles.